The normalized spacial score (nSPS) is 17.6. The van der Waals surface area contributed by atoms with E-state index >= 15 is 0 Å². The van der Waals surface area contributed by atoms with Gasteiger partial charge in [-0.25, -0.2) is 0 Å². The molecule has 0 spiro atoms. The van der Waals surface area contributed by atoms with Gasteiger partial charge in [0.05, 0.1) is 0 Å². The fraction of sp³-hybridized carbons (Fsp3) is 0.500. The second-order valence-electron chi connectivity index (χ2n) is 5.77. The molecule has 0 bridgehead atoms. The van der Waals surface area contributed by atoms with E-state index in [9.17, 15) is 9.59 Å². The smallest absolute Gasteiger partial charge is 0.253 e. The lowest BCUT2D eigenvalue weighted by atomic mass is 10.1. The van der Waals surface area contributed by atoms with Gasteiger partial charge in [-0.1, -0.05) is 6.07 Å². The van der Waals surface area contributed by atoms with Crippen molar-refractivity contribution >= 4 is 17.5 Å². The molecule has 2 N–H and O–H groups in total. The second kappa shape index (κ2) is 6.72. The van der Waals surface area contributed by atoms with Crippen LogP contribution in [0.3, 0.4) is 0 Å². The average Bonchev–Trinajstić information content (AvgIpc) is 2.92. The van der Waals surface area contributed by atoms with Gasteiger partial charge in [0.25, 0.3) is 5.91 Å². The summed E-state index contributed by atoms with van der Waals surface area (Å²) in [6.45, 7) is 2.88. The lowest BCUT2D eigenvalue weighted by molar-refractivity contribution is -0.116. The average molecular weight is 289 g/mol. The molecule has 2 rings (SSSR count). The zero-order valence-electron chi connectivity index (χ0n) is 12.9. The molecule has 21 heavy (non-hydrogen) atoms. The number of nitrogens with zero attached hydrogens (tertiary/aromatic N) is 1. The molecule has 0 aliphatic carbocycles. The Morgan fingerprint density at radius 2 is 2.14 bits per heavy atom. The molecule has 0 saturated carbocycles. The number of nitrogens with one attached hydrogen (secondary N) is 2. The first-order valence-electron chi connectivity index (χ1n) is 7.33. The van der Waals surface area contributed by atoms with E-state index in [2.05, 4.69) is 10.6 Å². The Morgan fingerprint density at radius 3 is 2.76 bits per heavy atom. The molecule has 5 heteroatoms. The van der Waals surface area contributed by atoms with E-state index in [1.54, 1.807) is 20.2 Å². The van der Waals surface area contributed by atoms with Gasteiger partial charge >= 0.3 is 0 Å². The van der Waals surface area contributed by atoms with Crippen LogP contribution in [-0.4, -0.2) is 43.4 Å². The quantitative estimate of drug-likeness (QED) is 0.888. The van der Waals surface area contributed by atoms with Crippen LogP contribution in [0.25, 0.3) is 0 Å². The Hall–Kier alpha value is -1.88. The highest BCUT2D eigenvalue weighted by Crippen LogP contribution is 2.18. The molecule has 1 aromatic rings. The van der Waals surface area contributed by atoms with E-state index in [4.69, 9.17) is 0 Å². The predicted octanol–water partition coefficient (Wildman–Crippen LogP) is 1.78. The number of hydrogen-bond acceptors (Lipinski definition) is 3. The molecule has 1 atom stereocenters. The maximum absolute atomic E-state index is 12.1. The Kier molecular flexibility index (Phi) is 4.96. The van der Waals surface area contributed by atoms with Gasteiger partial charge in [0.2, 0.25) is 5.91 Å². The number of carbonyl (C=O) groups is 2. The fourth-order valence-corrected chi connectivity index (χ4v) is 2.54. The van der Waals surface area contributed by atoms with E-state index < -0.39 is 0 Å². The van der Waals surface area contributed by atoms with Gasteiger partial charge in [-0.2, -0.15) is 0 Å². The van der Waals surface area contributed by atoms with Crippen molar-refractivity contribution in [1.29, 1.82) is 0 Å². The third-order valence-corrected chi connectivity index (χ3v) is 3.75. The minimum atomic E-state index is -0.0546. The van der Waals surface area contributed by atoms with Crippen molar-refractivity contribution in [3.8, 4) is 0 Å². The fourth-order valence-electron chi connectivity index (χ4n) is 2.54. The summed E-state index contributed by atoms with van der Waals surface area (Å²) in [7, 11) is 3.44. The number of rotatable bonds is 4. The zero-order chi connectivity index (χ0) is 15.4. The Balaban J connectivity index is 2.04. The largest absolute Gasteiger partial charge is 0.345 e. The first kappa shape index (κ1) is 15.5. The molecule has 114 valence electrons. The number of anilines is 1. The van der Waals surface area contributed by atoms with E-state index in [-0.39, 0.29) is 17.9 Å². The van der Waals surface area contributed by atoms with Crippen molar-refractivity contribution in [2.24, 2.45) is 0 Å². The molecule has 1 fully saturated rings. The second-order valence-corrected chi connectivity index (χ2v) is 5.77. The SMILES string of the molecule is Cc1ccc(NC(=O)CC2CCCN2)cc1C(=O)N(C)C. The number of hydrogen-bond donors (Lipinski definition) is 2. The maximum atomic E-state index is 12.1. The molecule has 0 aromatic heterocycles. The lowest BCUT2D eigenvalue weighted by Gasteiger charge is -2.15. The van der Waals surface area contributed by atoms with E-state index in [0.29, 0.717) is 17.7 Å². The summed E-state index contributed by atoms with van der Waals surface area (Å²) < 4.78 is 0. The van der Waals surface area contributed by atoms with Crippen molar-refractivity contribution in [1.82, 2.24) is 10.2 Å². The molecular formula is C16H23N3O2. The Bertz CT molecular complexity index is 534. The predicted molar refractivity (Wildman–Crippen MR) is 83.5 cm³/mol. The summed E-state index contributed by atoms with van der Waals surface area (Å²) in [4.78, 5) is 25.6. The standard InChI is InChI=1S/C16H23N3O2/c1-11-6-7-13(9-14(11)16(21)19(2)3)18-15(20)10-12-5-4-8-17-12/h6-7,9,12,17H,4-5,8,10H2,1-3H3,(H,18,20). The van der Waals surface area contributed by atoms with Crippen molar-refractivity contribution in [3.63, 3.8) is 0 Å². The van der Waals surface area contributed by atoms with Gasteiger partial charge in [-0.15, -0.1) is 0 Å². The zero-order valence-corrected chi connectivity index (χ0v) is 12.9. The molecule has 2 amide bonds. The van der Waals surface area contributed by atoms with Crippen molar-refractivity contribution < 1.29 is 9.59 Å². The topological polar surface area (TPSA) is 61.4 Å². The third kappa shape index (κ3) is 4.04. The maximum Gasteiger partial charge on any atom is 0.253 e. The van der Waals surface area contributed by atoms with Crippen LogP contribution in [0.1, 0.15) is 35.2 Å². The molecule has 1 aliphatic heterocycles. The van der Waals surface area contributed by atoms with Gasteiger partial charge in [0.1, 0.15) is 0 Å². The monoisotopic (exact) mass is 289 g/mol. The minimum absolute atomic E-state index is 0.0125. The number of carbonyl (C=O) groups excluding carboxylic acids is 2. The molecular weight excluding hydrogens is 266 g/mol. The lowest BCUT2D eigenvalue weighted by Crippen LogP contribution is -2.27. The summed E-state index contributed by atoms with van der Waals surface area (Å²) in [6.07, 6.45) is 2.65. The third-order valence-electron chi connectivity index (χ3n) is 3.75. The van der Waals surface area contributed by atoms with Gasteiger partial charge in [0.15, 0.2) is 0 Å². The van der Waals surface area contributed by atoms with Gasteiger partial charge in [-0.3, -0.25) is 9.59 Å². The summed E-state index contributed by atoms with van der Waals surface area (Å²) in [6, 6.07) is 5.72. The molecule has 1 unspecified atom stereocenters. The van der Waals surface area contributed by atoms with Crippen LogP contribution in [0.4, 0.5) is 5.69 Å². The Morgan fingerprint density at radius 1 is 1.38 bits per heavy atom. The molecule has 0 radical (unpaired) electrons. The highest BCUT2D eigenvalue weighted by Gasteiger charge is 2.18. The molecule has 1 heterocycles. The first-order valence-corrected chi connectivity index (χ1v) is 7.33. The summed E-state index contributed by atoms with van der Waals surface area (Å²) in [5, 5.41) is 6.19. The minimum Gasteiger partial charge on any atom is -0.345 e. The number of aryl methyl sites for hydroxylation is 1. The highest BCUT2D eigenvalue weighted by molar-refractivity contribution is 5.98. The van der Waals surface area contributed by atoms with Crippen LogP contribution in [0.2, 0.25) is 0 Å². The van der Waals surface area contributed by atoms with Crippen LogP contribution in [0, 0.1) is 6.92 Å². The number of benzene rings is 1. The van der Waals surface area contributed by atoms with Gasteiger partial charge in [-0.05, 0) is 44.0 Å². The van der Waals surface area contributed by atoms with Crippen LogP contribution in [0.5, 0.6) is 0 Å². The van der Waals surface area contributed by atoms with Gasteiger partial charge < -0.3 is 15.5 Å². The van der Waals surface area contributed by atoms with Crippen LogP contribution in [0.15, 0.2) is 18.2 Å². The van der Waals surface area contributed by atoms with E-state index in [1.807, 2.05) is 19.1 Å². The van der Waals surface area contributed by atoms with Crippen molar-refractivity contribution in [2.45, 2.75) is 32.2 Å². The molecule has 1 aliphatic rings. The first-order chi connectivity index (χ1) is 9.97. The van der Waals surface area contributed by atoms with Crippen LogP contribution >= 0.6 is 0 Å². The summed E-state index contributed by atoms with van der Waals surface area (Å²) >= 11 is 0. The van der Waals surface area contributed by atoms with Crippen LogP contribution < -0.4 is 10.6 Å². The summed E-state index contributed by atoms with van der Waals surface area (Å²) in [5.41, 5.74) is 2.20. The number of amides is 2. The van der Waals surface area contributed by atoms with E-state index in [1.165, 1.54) is 4.90 Å². The van der Waals surface area contributed by atoms with E-state index in [0.717, 1.165) is 24.9 Å². The van der Waals surface area contributed by atoms with Crippen molar-refractivity contribution in [2.75, 3.05) is 26.0 Å². The summed E-state index contributed by atoms with van der Waals surface area (Å²) in [5.74, 6) is -0.0671. The molecule has 5 nitrogen and oxygen atoms in total. The molecule has 1 aromatic carbocycles. The van der Waals surface area contributed by atoms with Gasteiger partial charge in [0, 0.05) is 37.8 Å². The van der Waals surface area contributed by atoms with Crippen LogP contribution in [-0.2, 0) is 4.79 Å². The molecule has 1 saturated heterocycles. The highest BCUT2D eigenvalue weighted by atomic mass is 16.2. The Labute approximate surface area is 125 Å². The van der Waals surface area contributed by atoms with Crippen molar-refractivity contribution in [3.05, 3.63) is 29.3 Å².